The maximum atomic E-state index is 13.7. The van der Waals surface area contributed by atoms with Gasteiger partial charge in [-0.25, -0.2) is 14.6 Å². The molecular formula is C45H57N9O7. The molecule has 2 aromatic carbocycles. The number of imidazole rings is 1. The molecule has 4 aromatic rings. The number of nitrogens with one attached hydrogen (secondary N) is 5. The largest absolute Gasteiger partial charge is 0.493 e. The molecule has 61 heavy (non-hydrogen) atoms. The van der Waals surface area contributed by atoms with Crippen molar-refractivity contribution < 1.29 is 33.4 Å². The summed E-state index contributed by atoms with van der Waals surface area (Å²) in [7, 11) is 2.60. The van der Waals surface area contributed by atoms with E-state index in [0.717, 1.165) is 94.9 Å². The third-order valence-corrected chi connectivity index (χ3v) is 12.5. The molecule has 4 aliphatic heterocycles. The van der Waals surface area contributed by atoms with E-state index < -0.39 is 24.3 Å². The number of amides is 4. The highest BCUT2D eigenvalue weighted by atomic mass is 16.5. The Hall–Kier alpha value is -6.19. The number of benzene rings is 2. The predicted molar refractivity (Wildman–Crippen MR) is 230 cm³/mol. The summed E-state index contributed by atoms with van der Waals surface area (Å²) in [5, 5.41) is 13.7. The average molecular weight is 836 g/mol. The first-order valence-electron chi connectivity index (χ1n) is 21.4. The molecule has 0 aliphatic carbocycles. The highest BCUT2D eigenvalue weighted by Gasteiger charge is 2.41. The van der Waals surface area contributed by atoms with Gasteiger partial charge in [0.2, 0.25) is 11.8 Å². The maximum absolute atomic E-state index is 13.7. The molecule has 5 atom stereocenters. The molecule has 2 fully saturated rings. The highest BCUT2D eigenvalue weighted by Crippen LogP contribution is 2.40. The zero-order valence-corrected chi connectivity index (χ0v) is 35.7. The second-order valence-corrected chi connectivity index (χ2v) is 17.0. The molecule has 1 unspecified atom stereocenters. The smallest absolute Gasteiger partial charge is 0.407 e. The van der Waals surface area contributed by atoms with Gasteiger partial charge in [0.1, 0.15) is 29.8 Å². The third-order valence-electron chi connectivity index (χ3n) is 12.5. The van der Waals surface area contributed by atoms with Gasteiger partial charge in [-0.05, 0) is 74.3 Å². The van der Waals surface area contributed by atoms with Gasteiger partial charge >= 0.3 is 12.2 Å². The van der Waals surface area contributed by atoms with Crippen molar-refractivity contribution in [2.45, 2.75) is 96.7 Å². The first-order chi connectivity index (χ1) is 29.4. The van der Waals surface area contributed by atoms with E-state index in [1.54, 1.807) is 0 Å². The number of aryl methyl sites for hydroxylation is 1. The fourth-order valence-corrected chi connectivity index (χ4v) is 9.26. The molecule has 4 amide bonds. The molecule has 4 aliphatic rings. The van der Waals surface area contributed by atoms with Gasteiger partial charge in [-0.1, -0.05) is 39.8 Å². The number of aromatic amines is 1. The number of methoxy groups -OCH3 is 2. The lowest BCUT2D eigenvalue weighted by atomic mass is 10.0. The van der Waals surface area contributed by atoms with Crippen molar-refractivity contribution in [3.63, 3.8) is 0 Å². The van der Waals surface area contributed by atoms with Crippen LogP contribution in [0.2, 0.25) is 0 Å². The molecule has 6 heterocycles. The lowest BCUT2D eigenvalue weighted by Crippen LogP contribution is -2.57. The molecule has 5 N–H and O–H groups in total. The van der Waals surface area contributed by atoms with Crippen molar-refractivity contribution in [1.82, 2.24) is 45.6 Å². The van der Waals surface area contributed by atoms with Gasteiger partial charge in [0.05, 0.1) is 56.2 Å². The van der Waals surface area contributed by atoms with Gasteiger partial charge in [-0.3, -0.25) is 9.59 Å². The molecule has 0 radical (unpaired) electrons. The summed E-state index contributed by atoms with van der Waals surface area (Å²) in [5.41, 5.74) is 6.95. The van der Waals surface area contributed by atoms with E-state index in [1.165, 1.54) is 14.2 Å². The van der Waals surface area contributed by atoms with Crippen LogP contribution in [0.15, 0.2) is 54.9 Å². The van der Waals surface area contributed by atoms with Gasteiger partial charge < -0.3 is 54.8 Å². The Morgan fingerprint density at radius 2 is 1.51 bits per heavy atom. The summed E-state index contributed by atoms with van der Waals surface area (Å²) in [6, 6.07) is 13.3. The number of alkyl carbamates (subject to hydrolysis) is 2. The number of nitrogens with zero attached hydrogens (tertiary/aromatic N) is 4. The molecule has 0 saturated carbocycles. The summed E-state index contributed by atoms with van der Waals surface area (Å²) in [5.74, 6) is 1.06. The standard InChI is InChI=1S/C45H57N9O7/c1-25(2)38(50-44(57)59-5)42(55)53-16-7-10-34(53)40-46-23-31(48-40)27-13-15-33-29(20-27)21-36-30-14-12-28(22-37(30)61-19-9-18-52(33)36)32-24-47-41(49-32)35-11-8-17-54(35)43(56)39(26(3)4)51-45(58)60-6/h12-15,20-26,34-35,38-39,41,47,49H,7-11,16-19H2,1-6H3,(H,46,48)(H,50,57)(H,51,58)/t34-,35-,38-,39-,41?/m0/s1. The molecule has 324 valence electrons. The minimum Gasteiger partial charge on any atom is -0.493 e. The quantitative estimate of drug-likeness (QED) is 0.133. The third kappa shape index (κ3) is 8.19. The second kappa shape index (κ2) is 17.4. The topological polar surface area (TPSA) is 184 Å². The number of fused-ring (bicyclic) bond motifs is 5. The zero-order chi connectivity index (χ0) is 42.9. The van der Waals surface area contributed by atoms with Gasteiger partial charge in [-0.2, -0.15) is 0 Å². The summed E-state index contributed by atoms with van der Waals surface area (Å²) >= 11 is 0. The Morgan fingerprint density at radius 1 is 0.820 bits per heavy atom. The Kier molecular flexibility index (Phi) is 11.9. The van der Waals surface area contributed by atoms with Crippen LogP contribution >= 0.6 is 0 Å². The van der Waals surface area contributed by atoms with Crippen molar-refractivity contribution in [3.05, 3.63) is 66.2 Å². The molecule has 2 aromatic heterocycles. The van der Waals surface area contributed by atoms with Crippen LogP contribution in [0, 0.1) is 11.8 Å². The molecule has 16 heteroatoms. The lowest BCUT2D eigenvalue weighted by molar-refractivity contribution is -0.136. The number of ether oxygens (including phenoxy) is 3. The lowest BCUT2D eigenvalue weighted by Gasteiger charge is -2.34. The van der Waals surface area contributed by atoms with Crippen molar-refractivity contribution in [2.75, 3.05) is 33.9 Å². The van der Waals surface area contributed by atoms with Crippen LogP contribution in [0.1, 0.15) is 77.2 Å². The number of rotatable bonds is 10. The number of hydrogen-bond donors (Lipinski definition) is 5. The monoisotopic (exact) mass is 835 g/mol. The van der Waals surface area contributed by atoms with Crippen LogP contribution in [0.4, 0.5) is 9.59 Å². The SMILES string of the molecule is COC(=O)N[C@H](C(=O)N1CCC[C@H]1c1ncc(-c2ccc3c(c2)cc2n3CCCOc3cc(C4=CNC([C@@H]5CCCN5C(=O)[C@@H](NC(=O)OC)C(C)C)N4)ccc3-2)[nH]1)C(C)C. The highest BCUT2D eigenvalue weighted by molar-refractivity contribution is 5.92. The Labute approximate surface area is 355 Å². The van der Waals surface area contributed by atoms with Crippen molar-refractivity contribution in [3.8, 4) is 28.3 Å². The van der Waals surface area contributed by atoms with E-state index in [4.69, 9.17) is 19.2 Å². The summed E-state index contributed by atoms with van der Waals surface area (Å²) in [4.78, 5) is 63.5. The summed E-state index contributed by atoms with van der Waals surface area (Å²) < 4.78 is 18.4. The van der Waals surface area contributed by atoms with Crippen LogP contribution in [0.5, 0.6) is 5.75 Å². The molecule has 8 rings (SSSR count). The number of aromatic nitrogens is 3. The van der Waals surface area contributed by atoms with Crippen molar-refractivity contribution >= 4 is 40.6 Å². The van der Waals surface area contributed by atoms with Gasteiger partial charge in [0.15, 0.2) is 0 Å². The average Bonchev–Trinajstić information content (AvgIpc) is 4.11. The first kappa shape index (κ1) is 41.5. The fraction of sp³-hybridized carbons (Fsp3) is 0.489. The molecular weight excluding hydrogens is 779 g/mol. The Bertz CT molecular complexity index is 2330. The van der Waals surface area contributed by atoms with E-state index in [1.807, 2.05) is 49.9 Å². The van der Waals surface area contributed by atoms with E-state index in [0.29, 0.717) is 19.7 Å². The number of carbonyl (C=O) groups excluding carboxylic acids is 4. The van der Waals surface area contributed by atoms with Gasteiger partial charge in [0, 0.05) is 53.4 Å². The number of H-pyrrole nitrogens is 1. The maximum Gasteiger partial charge on any atom is 0.407 e. The number of carbonyl (C=O) groups is 4. The van der Waals surface area contributed by atoms with E-state index in [-0.39, 0.29) is 41.9 Å². The minimum absolute atomic E-state index is 0.0996. The van der Waals surface area contributed by atoms with Crippen molar-refractivity contribution in [1.29, 1.82) is 0 Å². The van der Waals surface area contributed by atoms with Crippen LogP contribution in [0.3, 0.4) is 0 Å². The molecule has 0 spiro atoms. The Balaban J connectivity index is 0.993. The molecule has 16 nitrogen and oxygen atoms in total. The van der Waals surface area contributed by atoms with Crippen LogP contribution in [-0.4, -0.2) is 107 Å². The number of hydrogen-bond acceptors (Lipinski definition) is 10. The van der Waals surface area contributed by atoms with Crippen molar-refractivity contribution in [2.24, 2.45) is 11.8 Å². The van der Waals surface area contributed by atoms with Crippen LogP contribution in [0.25, 0.3) is 39.1 Å². The summed E-state index contributed by atoms with van der Waals surface area (Å²) in [6.45, 7) is 10.2. The van der Waals surface area contributed by atoms with Crippen LogP contribution in [-0.2, 0) is 25.6 Å². The van der Waals surface area contributed by atoms with Gasteiger partial charge in [-0.15, -0.1) is 0 Å². The number of likely N-dealkylation sites (tertiary alicyclic amines) is 2. The summed E-state index contributed by atoms with van der Waals surface area (Å²) in [6.07, 6.45) is 6.53. The Morgan fingerprint density at radius 3 is 2.23 bits per heavy atom. The zero-order valence-electron chi connectivity index (χ0n) is 35.7. The second-order valence-electron chi connectivity index (χ2n) is 17.0. The predicted octanol–water partition coefficient (Wildman–Crippen LogP) is 5.71. The molecule has 0 bridgehead atoms. The molecule has 2 saturated heterocycles. The minimum atomic E-state index is -0.698. The fourth-order valence-electron chi connectivity index (χ4n) is 9.26. The van der Waals surface area contributed by atoms with E-state index in [9.17, 15) is 19.2 Å². The first-order valence-corrected chi connectivity index (χ1v) is 21.4. The van der Waals surface area contributed by atoms with E-state index in [2.05, 4.69) is 73.3 Å². The normalized spacial score (nSPS) is 20.7. The van der Waals surface area contributed by atoms with Gasteiger partial charge in [0.25, 0.3) is 0 Å². The van der Waals surface area contributed by atoms with Crippen LogP contribution < -0.4 is 26.0 Å². The van der Waals surface area contributed by atoms with E-state index >= 15 is 0 Å².